The molecule has 0 saturated carbocycles. The zero-order chi connectivity index (χ0) is 30.8. The maximum atomic E-state index is 14.0. The topological polar surface area (TPSA) is 65.1 Å². The van der Waals surface area contributed by atoms with Crippen molar-refractivity contribution in [3.8, 4) is 5.75 Å². The number of hydrogen-bond acceptors (Lipinski definition) is 5. The molecule has 11 heteroatoms. The van der Waals surface area contributed by atoms with E-state index in [-0.39, 0.29) is 18.2 Å². The summed E-state index contributed by atoms with van der Waals surface area (Å²) in [5.74, 6) is -1.14. The molecule has 2 heterocycles. The molecule has 5 rings (SSSR count). The van der Waals surface area contributed by atoms with E-state index in [2.05, 4.69) is 10.2 Å². The van der Waals surface area contributed by atoms with Gasteiger partial charge in [-0.05, 0) is 50.1 Å². The first-order chi connectivity index (χ1) is 20.5. The molecular formula is C32H34F4N4O3. The number of imide groups is 1. The molecule has 2 aliphatic heterocycles. The number of anilines is 1. The van der Waals surface area contributed by atoms with E-state index >= 15 is 0 Å². The van der Waals surface area contributed by atoms with Crippen molar-refractivity contribution in [3.63, 3.8) is 0 Å². The number of nitrogens with zero attached hydrogens (tertiary/aromatic N) is 3. The predicted octanol–water partition coefficient (Wildman–Crippen LogP) is 5.39. The van der Waals surface area contributed by atoms with Crippen LogP contribution in [0.4, 0.5) is 28.0 Å². The van der Waals surface area contributed by atoms with Gasteiger partial charge in [0.05, 0.1) is 5.69 Å². The lowest BCUT2D eigenvalue weighted by Crippen LogP contribution is -2.47. The van der Waals surface area contributed by atoms with Gasteiger partial charge in [0, 0.05) is 38.8 Å². The first-order valence-electron chi connectivity index (χ1n) is 14.2. The van der Waals surface area contributed by atoms with E-state index in [0.717, 1.165) is 17.2 Å². The Kier molecular flexibility index (Phi) is 8.64. The molecule has 228 valence electrons. The molecule has 7 nitrogen and oxygen atoms in total. The summed E-state index contributed by atoms with van der Waals surface area (Å²) >= 11 is 0. The minimum atomic E-state index is -4.53. The van der Waals surface area contributed by atoms with Gasteiger partial charge in [-0.15, -0.1) is 0 Å². The first kappa shape index (κ1) is 30.3. The molecule has 0 spiro atoms. The predicted molar refractivity (Wildman–Crippen MR) is 155 cm³/mol. The lowest BCUT2D eigenvalue weighted by atomic mass is 9.82. The van der Waals surface area contributed by atoms with Gasteiger partial charge in [0.1, 0.15) is 11.6 Å². The molecule has 3 amide bonds. The number of ether oxygens (including phenoxy) is 1. The van der Waals surface area contributed by atoms with E-state index in [1.54, 1.807) is 0 Å². The number of alkyl halides is 3. The van der Waals surface area contributed by atoms with E-state index in [0.29, 0.717) is 56.0 Å². The van der Waals surface area contributed by atoms with Crippen LogP contribution in [-0.2, 0) is 10.3 Å². The SMILES string of the molecule is Cc1ccc(C2(c3ccc(C)cc3)NC(=O)N(CCCN3CCN(c4ccc(F)cc4OCC(F)(F)F)CC3)C2=O)cc1. The molecular weight excluding hydrogens is 564 g/mol. The van der Waals surface area contributed by atoms with Crippen LogP contribution in [0.1, 0.15) is 28.7 Å². The number of hydrogen-bond donors (Lipinski definition) is 1. The van der Waals surface area contributed by atoms with Gasteiger partial charge in [-0.25, -0.2) is 9.18 Å². The van der Waals surface area contributed by atoms with Gasteiger partial charge in [-0.2, -0.15) is 13.2 Å². The molecule has 0 aliphatic carbocycles. The number of urea groups is 1. The van der Waals surface area contributed by atoms with Gasteiger partial charge in [-0.3, -0.25) is 14.6 Å². The smallest absolute Gasteiger partial charge is 0.422 e. The van der Waals surface area contributed by atoms with Gasteiger partial charge in [0.25, 0.3) is 5.91 Å². The summed E-state index contributed by atoms with van der Waals surface area (Å²) in [4.78, 5) is 32.5. The summed E-state index contributed by atoms with van der Waals surface area (Å²) in [6.45, 7) is 5.49. The lowest BCUT2D eigenvalue weighted by Gasteiger charge is -2.37. The highest BCUT2D eigenvalue weighted by Crippen LogP contribution is 2.37. The van der Waals surface area contributed by atoms with Crippen molar-refractivity contribution in [2.24, 2.45) is 0 Å². The van der Waals surface area contributed by atoms with E-state index in [1.807, 2.05) is 67.3 Å². The number of nitrogens with one attached hydrogen (secondary N) is 1. The van der Waals surface area contributed by atoms with Gasteiger partial charge < -0.3 is 15.0 Å². The van der Waals surface area contributed by atoms with Gasteiger partial charge in [0.2, 0.25) is 0 Å². The Labute approximate surface area is 248 Å². The summed E-state index contributed by atoms with van der Waals surface area (Å²) in [5, 5.41) is 2.99. The lowest BCUT2D eigenvalue weighted by molar-refractivity contribution is -0.153. The van der Waals surface area contributed by atoms with Gasteiger partial charge in [0.15, 0.2) is 12.1 Å². The fourth-order valence-electron chi connectivity index (χ4n) is 5.63. The quantitative estimate of drug-likeness (QED) is 0.264. The zero-order valence-electron chi connectivity index (χ0n) is 24.1. The molecule has 2 aliphatic rings. The van der Waals surface area contributed by atoms with Crippen molar-refractivity contribution in [2.75, 3.05) is 50.8 Å². The summed E-state index contributed by atoms with van der Waals surface area (Å²) in [5.41, 5.74) is 2.57. The molecule has 0 atom stereocenters. The number of benzene rings is 3. The minimum Gasteiger partial charge on any atom is -0.482 e. The Morgan fingerprint density at radius 2 is 1.42 bits per heavy atom. The highest BCUT2D eigenvalue weighted by atomic mass is 19.4. The second-order valence-corrected chi connectivity index (χ2v) is 11.1. The van der Waals surface area contributed by atoms with Crippen LogP contribution in [0.2, 0.25) is 0 Å². The second kappa shape index (κ2) is 12.2. The van der Waals surface area contributed by atoms with Crippen LogP contribution < -0.4 is 15.0 Å². The van der Waals surface area contributed by atoms with Crippen LogP contribution in [-0.4, -0.2) is 73.8 Å². The fraction of sp³-hybridized carbons (Fsp3) is 0.375. The molecule has 0 aromatic heterocycles. The van der Waals surface area contributed by atoms with Crippen LogP contribution in [0.25, 0.3) is 0 Å². The Balaban J connectivity index is 1.21. The normalized spacial score (nSPS) is 17.3. The van der Waals surface area contributed by atoms with Crippen molar-refractivity contribution in [2.45, 2.75) is 32.0 Å². The third kappa shape index (κ3) is 6.61. The number of rotatable bonds is 9. The molecule has 3 aromatic carbocycles. The standard InChI is InChI=1S/C32H34F4N4O3/c1-22-4-8-24(9-5-22)32(25-10-6-23(2)7-11-25)29(41)40(30(42)37-32)15-3-14-38-16-18-39(19-17-38)27-13-12-26(33)20-28(27)43-21-31(34,35)36/h4-13,20H,3,14-19,21H2,1-2H3,(H,37,42). The largest absolute Gasteiger partial charge is 0.482 e. The van der Waals surface area contributed by atoms with Gasteiger partial charge in [-0.1, -0.05) is 59.7 Å². The van der Waals surface area contributed by atoms with Crippen LogP contribution in [0, 0.1) is 19.7 Å². The average molecular weight is 599 g/mol. The Morgan fingerprint density at radius 1 is 0.837 bits per heavy atom. The Morgan fingerprint density at radius 3 is 1.98 bits per heavy atom. The van der Waals surface area contributed by atoms with Crippen LogP contribution in [0.3, 0.4) is 0 Å². The third-order valence-electron chi connectivity index (χ3n) is 7.96. The summed E-state index contributed by atoms with van der Waals surface area (Å²) < 4.78 is 56.8. The Bertz CT molecular complexity index is 1410. The average Bonchev–Trinajstić information content (AvgIpc) is 3.22. The third-order valence-corrected chi connectivity index (χ3v) is 7.96. The first-order valence-corrected chi connectivity index (χ1v) is 14.2. The number of carbonyl (C=O) groups is 2. The van der Waals surface area contributed by atoms with Crippen molar-refractivity contribution in [3.05, 3.63) is 94.8 Å². The number of halogens is 4. The molecule has 1 N–H and O–H groups in total. The van der Waals surface area contributed by atoms with Crippen molar-refractivity contribution in [1.29, 1.82) is 0 Å². The molecule has 2 fully saturated rings. The Hall–Kier alpha value is -4.12. The van der Waals surface area contributed by atoms with E-state index in [9.17, 15) is 27.2 Å². The second-order valence-electron chi connectivity index (χ2n) is 11.1. The maximum Gasteiger partial charge on any atom is 0.422 e. The van der Waals surface area contributed by atoms with E-state index in [1.165, 1.54) is 17.0 Å². The molecule has 0 radical (unpaired) electrons. The summed E-state index contributed by atoms with van der Waals surface area (Å²) in [6.07, 6.45) is -3.98. The van der Waals surface area contributed by atoms with Crippen molar-refractivity contribution < 1.29 is 31.9 Å². The van der Waals surface area contributed by atoms with Crippen LogP contribution in [0.15, 0.2) is 66.7 Å². The summed E-state index contributed by atoms with van der Waals surface area (Å²) in [7, 11) is 0. The van der Waals surface area contributed by atoms with Crippen molar-refractivity contribution in [1.82, 2.24) is 15.1 Å². The maximum absolute atomic E-state index is 14.0. The molecule has 2 saturated heterocycles. The number of carbonyl (C=O) groups excluding carboxylic acids is 2. The highest BCUT2D eigenvalue weighted by molar-refractivity contribution is 6.09. The van der Waals surface area contributed by atoms with Crippen LogP contribution >= 0.6 is 0 Å². The molecule has 0 bridgehead atoms. The van der Waals surface area contributed by atoms with E-state index in [4.69, 9.17) is 4.74 Å². The minimum absolute atomic E-state index is 0.144. The summed E-state index contributed by atoms with van der Waals surface area (Å²) in [6, 6.07) is 18.3. The van der Waals surface area contributed by atoms with Crippen molar-refractivity contribution >= 4 is 17.6 Å². The number of aryl methyl sites for hydroxylation is 2. The van der Waals surface area contributed by atoms with Crippen LogP contribution in [0.5, 0.6) is 5.75 Å². The van der Waals surface area contributed by atoms with Gasteiger partial charge >= 0.3 is 12.2 Å². The monoisotopic (exact) mass is 598 g/mol. The van der Waals surface area contributed by atoms with E-state index < -0.39 is 30.2 Å². The molecule has 43 heavy (non-hydrogen) atoms. The molecule has 0 unspecified atom stereocenters. The zero-order valence-corrected chi connectivity index (χ0v) is 24.1. The molecule has 3 aromatic rings. The number of piperazine rings is 1. The highest BCUT2D eigenvalue weighted by Gasteiger charge is 2.53. The number of amides is 3. The fourth-order valence-corrected chi connectivity index (χ4v) is 5.63.